The molecule has 4 amide bonds. The highest BCUT2D eigenvalue weighted by atomic mass is 16.4. The van der Waals surface area contributed by atoms with Crippen molar-refractivity contribution in [1.82, 2.24) is 24.9 Å². The largest absolute Gasteiger partial charge is 0.549 e. The number of aliphatic carboxylic acids is 5. The molecular formula is C30H35N6O14-3. The van der Waals surface area contributed by atoms with Crippen molar-refractivity contribution in [3.63, 3.8) is 0 Å². The molecule has 1 aliphatic heterocycles. The third-order valence-corrected chi connectivity index (χ3v) is 7.07. The Labute approximate surface area is 284 Å². The number of carbonyl (C=O) groups is 9. The Hall–Kier alpha value is -5.73. The van der Waals surface area contributed by atoms with Crippen LogP contribution in [0.25, 0.3) is 0 Å². The molecule has 0 spiro atoms. The lowest BCUT2D eigenvalue weighted by atomic mass is 10.0. The monoisotopic (exact) mass is 703 g/mol. The van der Waals surface area contributed by atoms with E-state index in [9.17, 15) is 68.7 Å². The molecule has 0 aromatic heterocycles. The minimum Gasteiger partial charge on any atom is -0.549 e. The molecule has 0 saturated heterocycles. The fourth-order valence-electron chi connectivity index (χ4n) is 4.88. The highest BCUT2D eigenvalue weighted by molar-refractivity contribution is 6.13. The van der Waals surface area contributed by atoms with Crippen molar-refractivity contribution >= 4 is 59.2 Å². The highest BCUT2D eigenvalue weighted by Crippen LogP contribution is 2.15. The summed E-state index contributed by atoms with van der Waals surface area (Å²) in [6.07, 6.45) is 1.90. The van der Waals surface area contributed by atoms with Crippen molar-refractivity contribution in [2.45, 2.75) is 18.9 Å². The third kappa shape index (κ3) is 15.4. The normalized spacial score (nSPS) is 13.1. The molecule has 0 aliphatic carbocycles. The van der Waals surface area contributed by atoms with Crippen LogP contribution in [0.1, 0.15) is 12.0 Å². The molecule has 4 N–H and O–H groups in total. The van der Waals surface area contributed by atoms with E-state index in [1.165, 1.54) is 29.2 Å². The average Bonchev–Trinajstić information content (AvgIpc) is 3.32. The fourth-order valence-corrected chi connectivity index (χ4v) is 4.88. The van der Waals surface area contributed by atoms with Crippen LogP contribution in [-0.2, 0) is 49.6 Å². The summed E-state index contributed by atoms with van der Waals surface area (Å²) in [7, 11) is 0. The summed E-state index contributed by atoms with van der Waals surface area (Å²) in [5, 5.41) is 57.5. The van der Waals surface area contributed by atoms with Gasteiger partial charge in [-0.25, -0.2) is 0 Å². The number of carboxylic acid groups (broad SMARTS) is 5. The van der Waals surface area contributed by atoms with Crippen LogP contribution in [0.2, 0.25) is 0 Å². The number of nitrogens with zero attached hydrogens (tertiary/aromatic N) is 4. The lowest BCUT2D eigenvalue weighted by molar-refractivity contribution is -0.311. The van der Waals surface area contributed by atoms with E-state index in [2.05, 4.69) is 10.6 Å². The van der Waals surface area contributed by atoms with Crippen LogP contribution in [0.3, 0.4) is 0 Å². The zero-order valence-electron chi connectivity index (χ0n) is 26.6. The summed E-state index contributed by atoms with van der Waals surface area (Å²) in [5.74, 6) is -9.81. The van der Waals surface area contributed by atoms with Gasteiger partial charge in [-0.15, -0.1) is 0 Å². The van der Waals surface area contributed by atoms with Crippen molar-refractivity contribution in [3.05, 3.63) is 42.0 Å². The Morgan fingerprint density at radius 1 is 0.720 bits per heavy atom. The van der Waals surface area contributed by atoms with Crippen molar-refractivity contribution < 1.29 is 68.7 Å². The molecular weight excluding hydrogens is 668 g/mol. The molecule has 0 radical (unpaired) electrons. The lowest BCUT2D eigenvalue weighted by Crippen LogP contribution is -2.53. The summed E-state index contributed by atoms with van der Waals surface area (Å²) in [4.78, 5) is 109. The molecule has 2 rings (SSSR count). The predicted octanol–water partition coefficient (Wildman–Crippen LogP) is -6.71. The van der Waals surface area contributed by atoms with Gasteiger partial charge in [0.2, 0.25) is 11.8 Å². The number of imide groups is 1. The molecule has 1 aromatic rings. The van der Waals surface area contributed by atoms with E-state index in [1.807, 2.05) is 0 Å². The molecule has 20 heteroatoms. The van der Waals surface area contributed by atoms with Crippen LogP contribution in [0.15, 0.2) is 36.4 Å². The van der Waals surface area contributed by atoms with E-state index in [4.69, 9.17) is 0 Å². The van der Waals surface area contributed by atoms with Gasteiger partial charge >= 0.3 is 11.9 Å². The second kappa shape index (κ2) is 19.9. The third-order valence-electron chi connectivity index (χ3n) is 7.07. The first kappa shape index (κ1) is 40.4. The zero-order chi connectivity index (χ0) is 37.4. The Morgan fingerprint density at radius 3 is 1.72 bits per heavy atom. The maximum atomic E-state index is 12.4. The van der Waals surface area contributed by atoms with Crippen LogP contribution in [0.5, 0.6) is 0 Å². The number of carboxylic acids is 5. The van der Waals surface area contributed by atoms with Crippen LogP contribution in [0, 0.1) is 0 Å². The van der Waals surface area contributed by atoms with Gasteiger partial charge in [-0.1, -0.05) is 12.1 Å². The van der Waals surface area contributed by atoms with Crippen molar-refractivity contribution in [1.29, 1.82) is 0 Å². The second-order valence-corrected chi connectivity index (χ2v) is 11.0. The number of carbonyl (C=O) groups excluding carboxylic acids is 7. The first-order valence-electron chi connectivity index (χ1n) is 14.9. The van der Waals surface area contributed by atoms with Gasteiger partial charge in [-0.3, -0.25) is 48.4 Å². The van der Waals surface area contributed by atoms with E-state index in [-0.39, 0.29) is 44.7 Å². The number of rotatable bonds is 24. The number of hydrogen-bond donors (Lipinski definition) is 4. The predicted molar refractivity (Wildman–Crippen MR) is 161 cm³/mol. The second-order valence-electron chi connectivity index (χ2n) is 11.0. The van der Waals surface area contributed by atoms with Gasteiger partial charge in [0.1, 0.15) is 0 Å². The summed E-state index contributed by atoms with van der Waals surface area (Å²) >= 11 is 0. The summed E-state index contributed by atoms with van der Waals surface area (Å²) in [6.45, 7) is -5.26. The Morgan fingerprint density at radius 2 is 1.22 bits per heavy atom. The summed E-state index contributed by atoms with van der Waals surface area (Å²) in [6, 6.07) is 5.04. The maximum Gasteiger partial charge on any atom is 0.317 e. The zero-order valence-corrected chi connectivity index (χ0v) is 26.6. The van der Waals surface area contributed by atoms with Crippen LogP contribution < -0.4 is 26.0 Å². The van der Waals surface area contributed by atoms with Gasteiger partial charge in [0, 0.05) is 76.1 Å². The molecule has 0 bridgehead atoms. The summed E-state index contributed by atoms with van der Waals surface area (Å²) < 4.78 is 0. The average molecular weight is 704 g/mol. The molecule has 272 valence electrons. The summed E-state index contributed by atoms with van der Waals surface area (Å²) in [5.41, 5.74) is 0.794. The molecule has 0 unspecified atom stereocenters. The van der Waals surface area contributed by atoms with Crippen LogP contribution in [0.4, 0.5) is 5.69 Å². The first-order valence-corrected chi connectivity index (χ1v) is 14.9. The van der Waals surface area contributed by atoms with Gasteiger partial charge in [0.15, 0.2) is 0 Å². The minimum absolute atomic E-state index is 0.0340. The van der Waals surface area contributed by atoms with Gasteiger partial charge < -0.3 is 50.5 Å². The van der Waals surface area contributed by atoms with Crippen molar-refractivity contribution in [2.24, 2.45) is 0 Å². The number of anilines is 1. The number of hydrogen-bond acceptors (Lipinski definition) is 15. The molecule has 0 fully saturated rings. The molecule has 1 atom stereocenters. The number of benzene rings is 1. The molecule has 20 nitrogen and oxygen atoms in total. The van der Waals surface area contributed by atoms with E-state index in [0.29, 0.717) is 5.56 Å². The molecule has 1 aromatic carbocycles. The van der Waals surface area contributed by atoms with E-state index in [1.54, 1.807) is 0 Å². The Bertz CT molecular complexity index is 1430. The number of amides is 4. The lowest BCUT2D eigenvalue weighted by Gasteiger charge is -2.35. The molecule has 0 saturated carbocycles. The fraction of sp³-hybridized carbons (Fsp3) is 0.433. The Balaban J connectivity index is 2.12. The SMILES string of the molecule is O=C([O-])CN(CCN(CC(=O)[O-])C[C@@H](Cc1ccc(NC(=O)CNC(=O)CCN2C(=O)C=CC2=O)cc1)N(CC(=O)O)CC(=O)O)CC(=O)[O-]. The quantitative estimate of drug-likeness (QED) is 0.0727. The smallest absolute Gasteiger partial charge is 0.317 e. The molecule has 1 aliphatic rings. The number of nitrogens with one attached hydrogen (secondary N) is 2. The van der Waals surface area contributed by atoms with Crippen LogP contribution in [-0.4, -0.2) is 155 Å². The van der Waals surface area contributed by atoms with Gasteiger partial charge in [0.05, 0.1) is 37.5 Å². The minimum atomic E-state index is -1.60. The van der Waals surface area contributed by atoms with Crippen LogP contribution >= 0.6 is 0 Å². The Kier molecular flexibility index (Phi) is 16.1. The maximum absolute atomic E-state index is 12.4. The van der Waals surface area contributed by atoms with E-state index in [0.717, 1.165) is 26.9 Å². The highest BCUT2D eigenvalue weighted by Gasteiger charge is 2.27. The van der Waals surface area contributed by atoms with Gasteiger partial charge in [-0.05, 0) is 24.1 Å². The standard InChI is InChI=1S/C30H38N6O14/c37-22(7-8-36-24(39)5-6-25(36)40)31-12-23(38)32-20-3-1-19(2-4-20)11-21(35(17-29(47)48)18-30(49)50)13-33(14-26(41)42)9-10-34(15-27(43)44)16-28(45)46/h1-6,21H,7-18H2,(H,31,37)(H,32,38)(H,41,42)(H,43,44)(H,45,46)(H,47,48)(H,49,50)/p-3/t21-/m1/s1. The molecule has 50 heavy (non-hydrogen) atoms. The van der Waals surface area contributed by atoms with Gasteiger partial charge in [0.25, 0.3) is 11.8 Å². The van der Waals surface area contributed by atoms with E-state index >= 15 is 0 Å². The van der Waals surface area contributed by atoms with Gasteiger partial charge in [-0.2, -0.15) is 0 Å². The van der Waals surface area contributed by atoms with Crippen molar-refractivity contribution in [3.8, 4) is 0 Å². The molecule has 1 heterocycles. The first-order chi connectivity index (χ1) is 23.5. The van der Waals surface area contributed by atoms with Crippen molar-refractivity contribution in [2.75, 3.05) is 70.8 Å². The topological polar surface area (TPSA) is 300 Å². The van der Waals surface area contributed by atoms with E-state index < -0.39 is 98.8 Å².